The highest BCUT2D eigenvalue weighted by Crippen LogP contribution is 2.28. The molecule has 2 heterocycles. The summed E-state index contributed by atoms with van der Waals surface area (Å²) in [6, 6.07) is 1.27. The number of thioether (sulfide) groups is 1. The lowest BCUT2D eigenvalue weighted by Gasteiger charge is -2.10. The van der Waals surface area contributed by atoms with Crippen LogP contribution < -0.4 is 5.56 Å². The SMILES string of the molecule is O=c1ccnc(SC2CS(=O)(=O)CC2O)[nH]1. The molecule has 0 aromatic carbocycles. The number of nitrogens with one attached hydrogen (secondary N) is 1. The second-order valence-corrected chi connectivity index (χ2v) is 6.92. The second kappa shape index (κ2) is 4.19. The van der Waals surface area contributed by atoms with Gasteiger partial charge in [-0.2, -0.15) is 0 Å². The summed E-state index contributed by atoms with van der Waals surface area (Å²) < 4.78 is 22.5. The molecule has 0 amide bonds. The largest absolute Gasteiger partial charge is 0.391 e. The first kappa shape index (κ1) is 11.6. The molecule has 1 aromatic rings. The highest BCUT2D eigenvalue weighted by Gasteiger charge is 2.37. The number of aromatic amines is 1. The minimum atomic E-state index is -3.17. The van der Waals surface area contributed by atoms with Gasteiger partial charge in [-0.05, 0) is 0 Å². The first-order chi connectivity index (χ1) is 7.46. The number of nitrogens with zero attached hydrogens (tertiary/aromatic N) is 1. The zero-order valence-electron chi connectivity index (χ0n) is 8.16. The highest BCUT2D eigenvalue weighted by atomic mass is 32.2. The molecule has 1 saturated heterocycles. The van der Waals surface area contributed by atoms with Crippen molar-refractivity contribution < 1.29 is 13.5 Å². The molecule has 0 spiro atoms. The fraction of sp³-hybridized carbons (Fsp3) is 0.500. The molecule has 16 heavy (non-hydrogen) atoms. The minimum absolute atomic E-state index is 0.0859. The predicted molar refractivity (Wildman–Crippen MR) is 59.2 cm³/mol. The van der Waals surface area contributed by atoms with Gasteiger partial charge in [0.15, 0.2) is 15.0 Å². The number of aromatic nitrogens is 2. The first-order valence-corrected chi connectivity index (χ1v) is 7.27. The van der Waals surface area contributed by atoms with Gasteiger partial charge < -0.3 is 10.1 Å². The van der Waals surface area contributed by atoms with Crippen molar-refractivity contribution in [2.24, 2.45) is 0 Å². The van der Waals surface area contributed by atoms with Gasteiger partial charge >= 0.3 is 0 Å². The van der Waals surface area contributed by atoms with Gasteiger partial charge in [0.2, 0.25) is 0 Å². The summed E-state index contributed by atoms with van der Waals surface area (Å²) in [5.74, 6) is -0.306. The summed E-state index contributed by atoms with van der Waals surface area (Å²) in [4.78, 5) is 17.3. The zero-order chi connectivity index (χ0) is 11.8. The molecule has 1 fully saturated rings. The fourth-order valence-corrected chi connectivity index (χ4v) is 4.91. The van der Waals surface area contributed by atoms with Crippen molar-refractivity contribution in [1.29, 1.82) is 0 Å². The maximum Gasteiger partial charge on any atom is 0.251 e. The summed E-state index contributed by atoms with van der Waals surface area (Å²) in [5, 5.41) is 9.40. The third kappa shape index (κ3) is 2.63. The van der Waals surface area contributed by atoms with Gasteiger partial charge in [-0.3, -0.25) is 4.79 Å². The van der Waals surface area contributed by atoms with E-state index in [9.17, 15) is 18.3 Å². The molecular formula is C8H10N2O4S2. The topological polar surface area (TPSA) is 100 Å². The van der Waals surface area contributed by atoms with E-state index in [1.807, 2.05) is 0 Å². The van der Waals surface area contributed by atoms with E-state index in [-0.39, 0.29) is 17.1 Å². The number of hydrogen-bond donors (Lipinski definition) is 2. The van der Waals surface area contributed by atoms with Crippen molar-refractivity contribution in [1.82, 2.24) is 9.97 Å². The van der Waals surface area contributed by atoms with Crippen LogP contribution in [0.4, 0.5) is 0 Å². The summed E-state index contributed by atoms with van der Waals surface area (Å²) in [5.41, 5.74) is -0.298. The number of H-pyrrole nitrogens is 1. The van der Waals surface area contributed by atoms with E-state index in [1.165, 1.54) is 12.3 Å². The van der Waals surface area contributed by atoms with Crippen LogP contribution >= 0.6 is 11.8 Å². The van der Waals surface area contributed by atoms with Crippen molar-refractivity contribution in [3.05, 3.63) is 22.6 Å². The highest BCUT2D eigenvalue weighted by molar-refractivity contribution is 8.01. The average molecular weight is 262 g/mol. The van der Waals surface area contributed by atoms with E-state index >= 15 is 0 Å². The zero-order valence-corrected chi connectivity index (χ0v) is 9.79. The summed E-state index contributed by atoms with van der Waals surface area (Å²) in [7, 11) is -3.17. The van der Waals surface area contributed by atoms with Crippen LogP contribution in [0.1, 0.15) is 0 Å². The van der Waals surface area contributed by atoms with Crippen molar-refractivity contribution in [3.63, 3.8) is 0 Å². The molecule has 2 N–H and O–H groups in total. The van der Waals surface area contributed by atoms with Gasteiger partial charge in [-0.1, -0.05) is 11.8 Å². The molecule has 1 aromatic heterocycles. The molecule has 2 rings (SSSR count). The third-order valence-corrected chi connectivity index (χ3v) is 5.32. The fourth-order valence-electron chi connectivity index (χ4n) is 1.46. The molecule has 0 bridgehead atoms. The van der Waals surface area contributed by atoms with Gasteiger partial charge in [0.1, 0.15) is 0 Å². The normalized spacial score (nSPS) is 28.1. The number of aliphatic hydroxyl groups excluding tert-OH is 1. The molecule has 2 unspecified atom stereocenters. The number of rotatable bonds is 2. The molecule has 6 nitrogen and oxygen atoms in total. The minimum Gasteiger partial charge on any atom is -0.391 e. The molecule has 0 radical (unpaired) electrons. The van der Waals surface area contributed by atoms with Gasteiger partial charge in [0.25, 0.3) is 5.56 Å². The van der Waals surface area contributed by atoms with E-state index < -0.39 is 21.2 Å². The van der Waals surface area contributed by atoms with E-state index in [4.69, 9.17) is 0 Å². The first-order valence-electron chi connectivity index (χ1n) is 4.57. The summed E-state index contributed by atoms with van der Waals surface area (Å²) >= 11 is 1.08. The smallest absolute Gasteiger partial charge is 0.251 e. The lowest BCUT2D eigenvalue weighted by Crippen LogP contribution is -2.21. The van der Waals surface area contributed by atoms with Crippen molar-refractivity contribution in [2.45, 2.75) is 16.5 Å². The number of hydrogen-bond acceptors (Lipinski definition) is 6. The Morgan fingerprint density at radius 1 is 1.50 bits per heavy atom. The van der Waals surface area contributed by atoms with Crippen LogP contribution in [0.15, 0.2) is 22.2 Å². The van der Waals surface area contributed by atoms with Gasteiger partial charge in [0, 0.05) is 12.3 Å². The summed E-state index contributed by atoms with van der Waals surface area (Å²) in [6.45, 7) is 0. The third-order valence-electron chi connectivity index (χ3n) is 2.18. The van der Waals surface area contributed by atoms with Crippen LogP contribution in [0.3, 0.4) is 0 Å². The number of sulfone groups is 1. The Hall–Kier alpha value is -0.860. The Morgan fingerprint density at radius 3 is 2.81 bits per heavy atom. The predicted octanol–water partition coefficient (Wildman–Crippen LogP) is -0.980. The molecule has 8 heteroatoms. The van der Waals surface area contributed by atoms with Gasteiger partial charge in [-0.25, -0.2) is 13.4 Å². The molecule has 1 aliphatic heterocycles. The maximum absolute atomic E-state index is 11.2. The van der Waals surface area contributed by atoms with E-state index in [2.05, 4.69) is 9.97 Å². The molecule has 0 saturated carbocycles. The Morgan fingerprint density at radius 2 is 2.25 bits per heavy atom. The van der Waals surface area contributed by atoms with Crippen molar-refractivity contribution in [3.8, 4) is 0 Å². The van der Waals surface area contributed by atoms with Crippen LogP contribution in [0.2, 0.25) is 0 Å². The number of aliphatic hydroxyl groups is 1. The van der Waals surface area contributed by atoms with Crippen LogP contribution in [0.25, 0.3) is 0 Å². The lowest BCUT2D eigenvalue weighted by molar-refractivity contribution is 0.207. The summed E-state index contributed by atoms with van der Waals surface area (Å²) in [6.07, 6.45) is 0.442. The van der Waals surface area contributed by atoms with Crippen LogP contribution in [-0.2, 0) is 9.84 Å². The Balaban J connectivity index is 2.14. The molecular weight excluding hydrogens is 252 g/mol. The molecule has 88 valence electrons. The Kier molecular flexibility index (Phi) is 3.04. The van der Waals surface area contributed by atoms with Gasteiger partial charge in [-0.15, -0.1) is 0 Å². The Labute approximate surface area is 96.0 Å². The van der Waals surface area contributed by atoms with Crippen LogP contribution in [0, 0.1) is 0 Å². The van der Waals surface area contributed by atoms with E-state index in [1.54, 1.807) is 0 Å². The maximum atomic E-state index is 11.2. The van der Waals surface area contributed by atoms with Crippen LogP contribution in [0.5, 0.6) is 0 Å². The Bertz CT molecular complexity index is 539. The monoisotopic (exact) mass is 262 g/mol. The lowest BCUT2D eigenvalue weighted by atomic mass is 10.3. The van der Waals surface area contributed by atoms with Crippen LogP contribution in [-0.4, -0.2) is 46.4 Å². The quantitative estimate of drug-likeness (QED) is 0.664. The molecule has 0 aliphatic carbocycles. The average Bonchev–Trinajstić information content (AvgIpc) is 2.39. The van der Waals surface area contributed by atoms with E-state index in [0.29, 0.717) is 5.16 Å². The molecule has 1 aliphatic rings. The van der Waals surface area contributed by atoms with Crippen molar-refractivity contribution in [2.75, 3.05) is 11.5 Å². The standard InChI is InChI=1S/C8H10N2O4S2/c11-5-3-16(13,14)4-6(5)15-8-9-2-1-7(12)10-8/h1-2,5-6,11H,3-4H2,(H,9,10,12). The van der Waals surface area contributed by atoms with Gasteiger partial charge in [0.05, 0.1) is 22.9 Å². The van der Waals surface area contributed by atoms with Crippen molar-refractivity contribution >= 4 is 21.6 Å². The molecule has 2 atom stereocenters. The van der Waals surface area contributed by atoms with E-state index in [0.717, 1.165) is 11.8 Å². The second-order valence-electron chi connectivity index (χ2n) is 3.54.